The standard InChI is InChI=1S/C24H16ClN5O7/c25-15-6-5-12(9-19(15)30(36)37)21(31)24-10-16(26-11-24)20-22(32)27(23(33)28(20)24)17-7-8-18(29(34)35)14-4-2-1-3-13(14)17/h1-9,16,20,26H,10-11H2. The molecule has 0 spiro atoms. The van der Waals surface area contributed by atoms with Gasteiger partial charge in [0.2, 0.25) is 0 Å². The number of benzene rings is 3. The molecular formula is C24H16ClN5O7. The van der Waals surface area contributed by atoms with E-state index in [4.69, 9.17) is 11.6 Å². The number of amides is 3. The minimum Gasteiger partial charge on any atom is -0.308 e. The lowest BCUT2D eigenvalue weighted by Crippen LogP contribution is -2.61. The Kier molecular flexibility index (Phi) is 4.84. The van der Waals surface area contributed by atoms with Gasteiger partial charge in [-0.15, -0.1) is 0 Å². The van der Waals surface area contributed by atoms with Gasteiger partial charge < -0.3 is 5.32 Å². The van der Waals surface area contributed by atoms with Crippen LogP contribution in [0.3, 0.4) is 0 Å². The molecule has 13 heteroatoms. The maximum Gasteiger partial charge on any atom is 0.333 e. The molecule has 0 aromatic heterocycles. The van der Waals surface area contributed by atoms with Gasteiger partial charge in [-0.3, -0.25) is 34.7 Å². The van der Waals surface area contributed by atoms with Gasteiger partial charge in [-0.05, 0) is 30.7 Å². The monoisotopic (exact) mass is 521 g/mol. The predicted molar refractivity (Wildman–Crippen MR) is 131 cm³/mol. The van der Waals surface area contributed by atoms with E-state index in [9.17, 15) is 34.6 Å². The van der Waals surface area contributed by atoms with Crippen LogP contribution >= 0.6 is 11.6 Å². The first-order valence-corrected chi connectivity index (χ1v) is 11.6. The predicted octanol–water partition coefficient (Wildman–Crippen LogP) is 3.44. The summed E-state index contributed by atoms with van der Waals surface area (Å²) in [7, 11) is 0. The average molecular weight is 522 g/mol. The molecule has 186 valence electrons. The number of carbonyl (C=O) groups is 3. The molecule has 0 aliphatic carbocycles. The number of hydrogen-bond donors (Lipinski definition) is 1. The number of nitro benzene ring substituents is 2. The second-order valence-corrected chi connectivity index (χ2v) is 9.56. The number of piperazine rings is 1. The third kappa shape index (κ3) is 3.02. The fourth-order valence-corrected chi connectivity index (χ4v) is 5.95. The Labute approximate surface area is 212 Å². The van der Waals surface area contributed by atoms with Crippen LogP contribution in [0.25, 0.3) is 10.8 Å². The summed E-state index contributed by atoms with van der Waals surface area (Å²) in [6, 6.07) is 10.5. The van der Waals surface area contributed by atoms with Gasteiger partial charge in [-0.1, -0.05) is 29.8 Å². The van der Waals surface area contributed by atoms with Crippen molar-refractivity contribution < 1.29 is 24.2 Å². The lowest BCUT2D eigenvalue weighted by molar-refractivity contribution is -0.384. The van der Waals surface area contributed by atoms with Gasteiger partial charge in [0.15, 0.2) is 5.78 Å². The number of rotatable bonds is 5. The number of ketones is 1. The lowest BCUT2D eigenvalue weighted by atomic mass is 9.88. The highest BCUT2D eigenvalue weighted by molar-refractivity contribution is 6.33. The largest absolute Gasteiger partial charge is 0.333 e. The van der Waals surface area contributed by atoms with E-state index in [1.807, 2.05) is 0 Å². The summed E-state index contributed by atoms with van der Waals surface area (Å²) in [6.45, 7) is 0.0668. The maximum absolute atomic E-state index is 13.8. The van der Waals surface area contributed by atoms with E-state index < -0.39 is 50.9 Å². The SMILES string of the molecule is O=C1C2C3CC(C(=O)c4ccc(Cl)c([N+](=O)[O-])c4)(CN3)N2C(=O)N1c1ccc([N+](=O)[O-])c2ccccc12. The third-order valence-corrected chi connectivity index (χ3v) is 7.67. The zero-order valence-corrected chi connectivity index (χ0v) is 19.5. The molecule has 1 N–H and O–H groups in total. The van der Waals surface area contributed by atoms with Gasteiger partial charge in [0.05, 0.1) is 20.9 Å². The van der Waals surface area contributed by atoms with E-state index in [-0.39, 0.29) is 40.3 Å². The number of anilines is 1. The van der Waals surface area contributed by atoms with Crippen LogP contribution in [0.2, 0.25) is 5.02 Å². The molecule has 12 nitrogen and oxygen atoms in total. The van der Waals surface area contributed by atoms with E-state index in [0.717, 1.165) is 11.0 Å². The molecule has 3 fully saturated rings. The van der Waals surface area contributed by atoms with Crippen LogP contribution in [-0.4, -0.2) is 56.6 Å². The summed E-state index contributed by atoms with van der Waals surface area (Å²) in [4.78, 5) is 65.1. The Balaban J connectivity index is 1.44. The van der Waals surface area contributed by atoms with Gasteiger partial charge in [0, 0.05) is 35.7 Å². The summed E-state index contributed by atoms with van der Waals surface area (Å²) >= 11 is 5.91. The summed E-state index contributed by atoms with van der Waals surface area (Å²) in [5.41, 5.74) is -1.87. The van der Waals surface area contributed by atoms with Gasteiger partial charge in [0.25, 0.3) is 17.3 Å². The Morgan fingerprint density at radius 1 is 1.00 bits per heavy atom. The van der Waals surface area contributed by atoms with Crippen LogP contribution in [-0.2, 0) is 4.79 Å². The second-order valence-electron chi connectivity index (χ2n) is 9.15. The number of halogens is 1. The van der Waals surface area contributed by atoms with Gasteiger partial charge >= 0.3 is 6.03 Å². The van der Waals surface area contributed by atoms with Crippen molar-refractivity contribution in [1.29, 1.82) is 0 Å². The summed E-state index contributed by atoms with van der Waals surface area (Å²) < 4.78 is 0. The molecule has 3 aliphatic heterocycles. The van der Waals surface area contributed by atoms with Crippen molar-refractivity contribution in [2.45, 2.75) is 24.0 Å². The highest BCUT2D eigenvalue weighted by Crippen LogP contribution is 2.48. The quantitative estimate of drug-likeness (QED) is 0.231. The number of Topliss-reactive ketones (excluding diaryl/α,β-unsaturated/α-hetero) is 1. The number of imide groups is 1. The Morgan fingerprint density at radius 2 is 1.70 bits per heavy atom. The number of nitro groups is 2. The van der Waals surface area contributed by atoms with Crippen molar-refractivity contribution in [3.8, 4) is 0 Å². The molecule has 6 rings (SSSR count). The summed E-state index contributed by atoms with van der Waals surface area (Å²) in [5.74, 6) is -1.10. The summed E-state index contributed by atoms with van der Waals surface area (Å²) in [5, 5.41) is 26.5. The van der Waals surface area contributed by atoms with Crippen molar-refractivity contribution in [3.05, 3.63) is 85.4 Å². The lowest BCUT2D eigenvalue weighted by Gasteiger charge is -2.36. The zero-order valence-electron chi connectivity index (χ0n) is 18.8. The Hall–Kier alpha value is -4.42. The van der Waals surface area contributed by atoms with Crippen LogP contribution in [0, 0.1) is 20.2 Å². The first-order chi connectivity index (χ1) is 17.7. The molecule has 3 amide bonds. The number of non-ortho nitro benzene ring substituents is 1. The van der Waals surface area contributed by atoms with E-state index in [2.05, 4.69) is 5.32 Å². The van der Waals surface area contributed by atoms with Crippen LogP contribution in [0.4, 0.5) is 21.9 Å². The van der Waals surface area contributed by atoms with Crippen molar-refractivity contribution in [2.24, 2.45) is 0 Å². The molecule has 3 aromatic carbocycles. The molecule has 2 bridgehead atoms. The minimum absolute atomic E-state index is 0.00122. The number of urea groups is 1. The highest BCUT2D eigenvalue weighted by atomic mass is 35.5. The molecule has 3 aliphatic rings. The van der Waals surface area contributed by atoms with Crippen LogP contribution in [0.5, 0.6) is 0 Å². The van der Waals surface area contributed by atoms with E-state index in [1.54, 1.807) is 18.2 Å². The topological polar surface area (TPSA) is 156 Å². The molecule has 3 aromatic rings. The fraction of sp³-hybridized carbons (Fsp3) is 0.208. The smallest absolute Gasteiger partial charge is 0.308 e. The molecular weight excluding hydrogens is 506 g/mol. The van der Waals surface area contributed by atoms with Gasteiger partial charge in [-0.25, -0.2) is 9.69 Å². The fourth-order valence-electron chi connectivity index (χ4n) is 5.77. The van der Waals surface area contributed by atoms with Crippen molar-refractivity contribution >= 4 is 57.2 Å². The summed E-state index contributed by atoms with van der Waals surface area (Å²) in [6.07, 6.45) is 0.166. The second kappa shape index (κ2) is 7.79. The minimum atomic E-state index is -1.44. The average Bonchev–Trinajstić information content (AvgIpc) is 3.54. The van der Waals surface area contributed by atoms with E-state index in [0.29, 0.717) is 5.39 Å². The number of nitrogens with one attached hydrogen (secondary N) is 1. The van der Waals surface area contributed by atoms with E-state index >= 15 is 0 Å². The molecule has 3 unspecified atom stereocenters. The van der Waals surface area contributed by atoms with Crippen LogP contribution in [0.1, 0.15) is 16.8 Å². The van der Waals surface area contributed by atoms with Gasteiger partial charge in [0.1, 0.15) is 16.6 Å². The first-order valence-electron chi connectivity index (χ1n) is 11.2. The van der Waals surface area contributed by atoms with E-state index in [1.165, 1.54) is 35.2 Å². The number of hydrogen-bond acceptors (Lipinski definition) is 8. The molecule has 37 heavy (non-hydrogen) atoms. The molecule has 3 atom stereocenters. The molecule has 0 saturated carbocycles. The van der Waals surface area contributed by atoms with Crippen LogP contribution in [0.15, 0.2) is 54.6 Å². The number of carbonyl (C=O) groups excluding carboxylic acids is 3. The Morgan fingerprint density at radius 3 is 2.41 bits per heavy atom. The van der Waals surface area contributed by atoms with Gasteiger partial charge in [-0.2, -0.15) is 0 Å². The molecule has 0 radical (unpaired) electrons. The van der Waals surface area contributed by atoms with Crippen molar-refractivity contribution in [2.75, 3.05) is 11.4 Å². The van der Waals surface area contributed by atoms with Crippen molar-refractivity contribution in [3.63, 3.8) is 0 Å². The first kappa shape index (κ1) is 23.0. The number of nitrogens with zero attached hydrogens (tertiary/aromatic N) is 4. The molecule has 3 saturated heterocycles. The molecule has 3 heterocycles. The normalized spacial score (nSPS) is 24.1. The van der Waals surface area contributed by atoms with Crippen LogP contribution < -0.4 is 10.2 Å². The third-order valence-electron chi connectivity index (χ3n) is 7.35. The maximum atomic E-state index is 13.8. The Bertz CT molecular complexity index is 1590. The van der Waals surface area contributed by atoms with Crippen molar-refractivity contribution in [1.82, 2.24) is 10.2 Å². The zero-order chi connectivity index (χ0) is 26.2. The highest BCUT2D eigenvalue weighted by Gasteiger charge is 2.69. The number of fused-ring (bicyclic) bond motifs is 6.